The molecule has 0 atom stereocenters. The van der Waals surface area contributed by atoms with Gasteiger partial charge in [0.2, 0.25) is 5.95 Å². The molecule has 5 heteroatoms. The minimum absolute atomic E-state index is 0.651. The van der Waals surface area contributed by atoms with Crippen LogP contribution in [0.1, 0.15) is 0 Å². The van der Waals surface area contributed by atoms with Gasteiger partial charge in [0.25, 0.3) is 0 Å². The lowest BCUT2D eigenvalue weighted by atomic mass is 10.1. The van der Waals surface area contributed by atoms with E-state index in [1.807, 2.05) is 23.5 Å². The number of benzene rings is 7. The van der Waals surface area contributed by atoms with Crippen molar-refractivity contribution in [2.45, 2.75) is 0 Å². The van der Waals surface area contributed by atoms with Crippen LogP contribution in [-0.4, -0.2) is 19.1 Å². The molecule has 0 aliphatic carbocycles. The molecule has 4 aromatic heterocycles. The summed E-state index contributed by atoms with van der Waals surface area (Å²) < 4.78 is 7.31. The van der Waals surface area contributed by atoms with Gasteiger partial charge in [-0.15, -0.1) is 11.3 Å². The minimum Gasteiger partial charge on any atom is -0.309 e. The lowest BCUT2D eigenvalue weighted by Crippen LogP contribution is -2.04. The van der Waals surface area contributed by atoms with Crippen LogP contribution in [0.15, 0.2) is 170 Å². The first-order chi connectivity index (χ1) is 25.3. The summed E-state index contributed by atoms with van der Waals surface area (Å²) in [5.41, 5.74) is 9.57. The van der Waals surface area contributed by atoms with Crippen LogP contribution < -0.4 is 0 Å². The van der Waals surface area contributed by atoms with Crippen molar-refractivity contribution in [1.82, 2.24) is 19.1 Å². The molecular weight excluding hydrogens is 641 g/mol. The van der Waals surface area contributed by atoms with Gasteiger partial charge in [-0.1, -0.05) is 121 Å². The number of thiophene rings is 1. The minimum atomic E-state index is 0.651. The van der Waals surface area contributed by atoms with E-state index in [9.17, 15) is 0 Å². The van der Waals surface area contributed by atoms with Crippen LogP contribution in [0.2, 0.25) is 0 Å². The quantitative estimate of drug-likeness (QED) is 0.187. The topological polar surface area (TPSA) is 35.6 Å². The normalized spacial score (nSPS) is 11.9. The largest absolute Gasteiger partial charge is 0.309 e. The van der Waals surface area contributed by atoms with Gasteiger partial charge < -0.3 is 4.57 Å². The molecule has 0 aliphatic heterocycles. The van der Waals surface area contributed by atoms with Crippen LogP contribution in [-0.2, 0) is 0 Å². The summed E-state index contributed by atoms with van der Waals surface area (Å²) in [6.07, 6.45) is 0. The average Bonchev–Trinajstić information content (AvgIpc) is 3.86. The van der Waals surface area contributed by atoms with Crippen LogP contribution in [0.4, 0.5) is 0 Å². The molecule has 4 heterocycles. The predicted molar refractivity (Wildman–Crippen MR) is 214 cm³/mol. The maximum Gasteiger partial charge on any atom is 0.235 e. The summed E-state index contributed by atoms with van der Waals surface area (Å²) in [6, 6.07) is 60.4. The molecule has 11 rings (SSSR count). The Balaban J connectivity index is 1.18. The first-order valence-electron chi connectivity index (χ1n) is 17.2. The van der Waals surface area contributed by atoms with Crippen molar-refractivity contribution in [3.8, 4) is 34.2 Å². The second-order valence-electron chi connectivity index (χ2n) is 13.0. The Morgan fingerprint density at radius 1 is 0.392 bits per heavy atom. The van der Waals surface area contributed by atoms with E-state index in [1.54, 1.807) is 0 Å². The Kier molecular flexibility index (Phi) is 6.09. The van der Waals surface area contributed by atoms with Crippen LogP contribution in [0, 0.1) is 0 Å². The van der Waals surface area contributed by atoms with Crippen molar-refractivity contribution < 1.29 is 0 Å². The van der Waals surface area contributed by atoms with Crippen molar-refractivity contribution >= 4 is 75.1 Å². The third kappa shape index (κ3) is 4.25. The number of hydrogen-bond acceptors (Lipinski definition) is 3. The summed E-state index contributed by atoms with van der Waals surface area (Å²) in [4.78, 5) is 10.4. The van der Waals surface area contributed by atoms with Gasteiger partial charge in [-0.2, -0.15) is 0 Å². The van der Waals surface area contributed by atoms with E-state index >= 15 is 0 Å². The highest BCUT2D eigenvalue weighted by Gasteiger charge is 2.20. The molecule has 0 saturated carbocycles. The van der Waals surface area contributed by atoms with E-state index in [0.29, 0.717) is 5.95 Å². The molecule has 238 valence electrons. The zero-order valence-electron chi connectivity index (χ0n) is 27.4. The van der Waals surface area contributed by atoms with Gasteiger partial charge in [-0.3, -0.25) is 4.57 Å². The van der Waals surface area contributed by atoms with Crippen LogP contribution in [0.3, 0.4) is 0 Å². The first kappa shape index (κ1) is 28.3. The lowest BCUT2D eigenvalue weighted by Gasteiger charge is -2.12. The molecule has 0 radical (unpaired) electrons. The van der Waals surface area contributed by atoms with Gasteiger partial charge in [0.1, 0.15) is 0 Å². The van der Waals surface area contributed by atoms with Crippen LogP contribution in [0.25, 0.3) is 97.9 Å². The van der Waals surface area contributed by atoms with Gasteiger partial charge in [0.05, 0.1) is 33.5 Å². The van der Waals surface area contributed by atoms with Gasteiger partial charge in [0, 0.05) is 58.5 Å². The maximum absolute atomic E-state index is 5.22. The summed E-state index contributed by atoms with van der Waals surface area (Å²) >= 11 is 1.89. The number of para-hydroxylation sites is 2. The molecule has 7 aromatic carbocycles. The molecule has 0 bridgehead atoms. The van der Waals surface area contributed by atoms with E-state index in [0.717, 1.165) is 50.0 Å². The van der Waals surface area contributed by atoms with Gasteiger partial charge in [-0.05, 0) is 48.5 Å². The zero-order chi connectivity index (χ0) is 33.5. The Bertz CT molecular complexity index is 3080. The van der Waals surface area contributed by atoms with Gasteiger partial charge in [0.15, 0.2) is 0 Å². The van der Waals surface area contributed by atoms with Crippen LogP contribution >= 0.6 is 11.3 Å². The fraction of sp³-hybridized carbons (Fsp3) is 0. The van der Waals surface area contributed by atoms with Crippen molar-refractivity contribution in [3.63, 3.8) is 0 Å². The van der Waals surface area contributed by atoms with Crippen molar-refractivity contribution in [2.24, 2.45) is 0 Å². The summed E-state index contributed by atoms with van der Waals surface area (Å²) in [5, 5.41) is 7.54. The molecule has 11 aromatic rings. The smallest absolute Gasteiger partial charge is 0.235 e. The van der Waals surface area contributed by atoms with Crippen LogP contribution in [0.5, 0.6) is 0 Å². The van der Waals surface area contributed by atoms with Crippen molar-refractivity contribution in [2.75, 3.05) is 0 Å². The van der Waals surface area contributed by atoms with E-state index in [-0.39, 0.29) is 0 Å². The molecule has 51 heavy (non-hydrogen) atoms. The van der Waals surface area contributed by atoms with Crippen molar-refractivity contribution in [3.05, 3.63) is 170 Å². The fourth-order valence-corrected chi connectivity index (χ4v) is 9.14. The molecule has 0 amide bonds. The molecule has 0 fully saturated rings. The van der Waals surface area contributed by atoms with E-state index in [2.05, 4.69) is 167 Å². The first-order valence-corrected chi connectivity index (χ1v) is 18.0. The Labute approximate surface area is 297 Å². The molecule has 0 saturated heterocycles. The van der Waals surface area contributed by atoms with Crippen molar-refractivity contribution in [1.29, 1.82) is 0 Å². The second-order valence-corrected chi connectivity index (χ2v) is 14.1. The monoisotopic (exact) mass is 668 g/mol. The summed E-state index contributed by atoms with van der Waals surface area (Å²) in [5.74, 6) is 0.651. The highest BCUT2D eigenvalue weighted by molar-refractivity contribution is 7.26. The highest BCUT2D eigenvalue weighted by atomic mass is 32.1. The van der Waals surface area contributed by atoms with Gasteiger partial charge in [-0.25, -0.2) is 9.97 Å². The number of fused-ring (bicyclic) bond motifs is 10. The number of rotatable bonds is 4. The third-order valence-electron chi connectivity index (χ3n) is 10.1. The molecule has 0 aliphatic rings. The van der Waals surface area contributed by atoms with E-state index in [1.165, 1.54) is 42.0 Å². The van der Waals surface area contributed by atoms with Gasteiger partial charge >= 0.3 is 0 Å². The van der Waals surface area contributed by atoms with E-state index < -0.39 is 0 Å². The Morgan fingerprint density at radius 2 is 0.961 bits per heavy atom. The fourth-order valence-electron chi connectivity index (χ4n) is 7.88. The molecule has 0 unspecified atom stereocenters. The number of hydrogen-bond donors (Lipinski definition) is 0. The Morgan fingerprint density at radius 3 is 1.69 bits per heavy atom. The Hall–Kier alpha value is -6.56. The number of aromatic nitrogens is 4. The maximum atomic E-state index is 5.22. The second kappa shape index (κ2) is 11.0. The lowest BCUT2D eigenvalue weighted by molar-refractivity contribution is 0.995. The number of nitrogens with zero attached hydrogens (tertiary/aromatic N) is 4. The summed E-state index contributed by atoms with van der Waals surface area (Å²) in [7, 11) is 0. The molecule has 4 nitrogen and oxygen atoms in total. The highest BCUT2D eigenvalue weighted by Crippen LogP contribution is 2.44. The predicted octanol–water partition coefficient (Wildman–Crippen LogP) is 12.4. The zero-order valence-corrected chi connectivity index (χ0v) is 28.2. The average molecular weight is 669 g/mol. The SMILES string of the molecule is c1ccc(-c2cc(-c3ccccc3)nc(-n3c4ccccc4c4cc(-n5c6ccccc6c6c7sc8ccccc8c7ccc65)ccc43)n2)cc1. The molecule has 0 N–H and O–H groups in total. The molecule has 0 spiro atoms. The standard InChI is InChI=1S/C46H28N4S/c1-3-13-29(14-4-1)37-28-38(30-15-5-2-6-16-30)48-46(47-37)50-39-20-10-7-17-32(39)36-27-31(23-25-41(36)50)49-40-21-11-8-19-35(40)44-42(49)26-24-34-33-18-9-12-22-43(33)51-45(34)44/h1-28H. The molecular formula is C46H28N4S. The van der Waals surface area contributed by atoms with E-state index in [4.69, 9.17) is 9.97 Å². The third-order valence-corrected chi connectivity index (χ3v) is 11.4. The summed E-state index contributed by atoms with van der Waals surface area (Å²) in [6.45, 7) is 0.